The van der Waals surface area contributed by atoms with E-state index in [1.807, 2.05) is 12.1 Å². The lowest BCUT2D eigenvalue weighted by Crippen LogP contribution is -2.31. The summed E-state index contributed by atoms with van der Waals surface area (Å²) in [5, 5.41) is 12.7. The van der Waals surface area contributed by atoms with Gasteiger partial charge in [-0.05, 0) is 24.3 Å². The number of nitro groups is 1. The molecule has 1 heterocycles. The molecule has 2 aromatic carbocycles. The zero-order valence-electron chi connectivity index (χ0n) is 13.9. The first-order chi connectivity index (χ1) is 12.9. The van der Waals surface area contributed by atoms with Crippen LogP contribution < -0.4 is 5.32 Å². The molecule has 1 aliphatic heterocycles. The number of rotatable bonds is 6. The van der Waals surface area contributed by atoms with E-state index in [1.165, 1.54) is 36.0 Å². The maximum Gasteiger partial charge on any atom is 0.307 e. The van der Waals surface area contributed by atoms with Gasteiger partial charge in [0.15, 0.2) is 12.4 Å². The molecule has 0 aromatic heterocycles. The summed E-state index contributed by atoms with van der Waals surface area (Å²) in [6.07, 6.45) is -0.168. The van der Waals surface area contributed by atoms with Crippen LogP contribution in [0, 0.1) is 10.1 Å². The van der Waals surface area contributed by atoms with Crippen molar-refractivity contribution in [1.29, 1.82) is 0 Å². The van der Waals surface area contributed by atoms with Crippen molar-refractivity contribution < 1.29 is 24.0 Å². The first-order valence-corrected chi connectivity index (χ1v) is 8.82. The summed E-state index contributed by atoms with van der Waals surface area (Å²) in [4.78, 5) is 47.0. The monoisotopic (exact) mass is 386 g/mol. The largest absolute Gasteiger partial charge is 0.457 e. The van der Waals surface area contributed by atoms with E-state index in [2.05, 4.69) is 5.32 Å². The maximum atomic E-state index is 12.1. The fourth-order valence-corrected chi connectivity index (χ4v) is 3.53. The van der Waals surface area contributed by atoms with Gasteiger partial charge >= 0.3 is 5.97 Å². The van der Waals surface area contributed by atoms with E-state index in [0.29, 0.717) is 5.69 Å². The van der Waals surface area contributed by atoms with Crippen molar-refractivity contribution in [2.75, 3.05) is 11.9 Å². The fourth-order valence-electron chi connectivity index (χ4n) is 2.44. The molecule has 0 saturated heterocycles. The lowest BCUT2D eigenvalue weighted by molar-refractivity contribution is -0.384. The number of carbonyl (C=O) groups is 3. The van der Waals surface area contributed by atoms with Crippen molar-refractivity contribution in [3.05, 3.63) is 64.2 Å². The van der Waals surface area contributed by atoms with Gasteiger partial charge in [0.05, 0.1) is 22.3 Å². The topological polar surface area (TPSA) is 116 Å². The van der Waals surface area contributed by atoms with Gasteiger partial charge in [0.2, 0.25) is 5.91 Å². The number of nitrogens with zero attached hydrogens (tertiary/aromatic N) is 1. The number of benzene rings is 2. The number of hydrogen-bond donors (Lipinski definition) is 1. The summed E-state index contributed by atoms with van der Waals surface area (Å²) in [5.41, 5.74) is 0.765. The molecule has 0 fully saturated rings. The highest BCUT2D eigenvalue weighted by Crippen LogP contribution is 2.36. The van der Waals surface area contributed by atoms with E-state index < -0.39 is 28.5 Å². The Hall–Kier alpha value is -3.20. The van der Waals surface area contributed by atoms with Crippen LogP contribution in [0.4, 0.5) is 11.4 Å². The second kappa shape index (κ2) is 8.00. The molecule has 1 aliphatic rings. The van der Waals surface area contributed by atoms with Gasteiger partial charge in [-0.25, -0.2) is 0 Å². The maximum absolute atomic E-state index is 12.1. The third kappa shape index (κ3) is 4.50. The number of non-ortho nitro benzene ring substituents is 1. The molecular formula is C18H14N2O6S. The van der Waals surface area contributed by atoms with Crippen LogP contribution in [-0.2, 0) is 14.3 Å². The summed E-state index contributed by atoms with van der Waals surface area (Å²) in [7, 11) is 0. The third-order valence-electron chi connectivity index (χ3n) is 3.82. The number of nitro benzene ring substituents is 1. The van der Waals surface area contributed by atoms with Crippen LogP contribution >= 0.6 is 11.8 Å². The number of Topliss-reactive ketones (excluding diaryl/α,β-unsaturated/α-hetero) is 1. The zero-order valence-corrected chi connectivity index (χ0v) is 14.7. The van der Waals surface area contributed by atoms with E-state index in [1.54, 1.807) is 12.1 Å². The molecule has 0 aliphatic carbocycles. The number of ketones is 1. The average Bonchev–Trinajstić information content (AvgIpc) is 2.66. The summed E-state index contributed by atoms with van der Waals surface area (Å²) in [6, 6.07) is 12.3. The van der Waals surface area contributed by atoms with Crippen molar-refractivity contribution in [2.24, 2.45) is 0 Å². The molecule has 1 amide bonds. The molecule has 0 bridgehead atoms. The Morgan fingerprint density at radius 3 is 2.56 bits per heavy atom. The first-order valence-electron chi connectivity index (χ1n) is 7.94. The fraction of sp³-hybridized carbons (Fsp3) is 0.167. The zero-order chi connectivity index (χ0) is 19.4. The molecule has 1 atom stereocenters. The van der Waals surface area contributed by atoms with Gasteiger partial charge in [0.25, 0.3) is 5.69 Å². The highest BCUT2D eigenvalue weighted by Gasteiger charge is 2.29. The number of esters is 1. The number of para-hydroxylation sites is 1. The molecule has 138 valence electrons. The minimum Gasteiger partial charge on any atom is -0.457 e. The summed E-state index contributed by atoms with van der Waals surface area (Å²) >= 11 is 1.27. The van der Waals surface area contributed by atoms with Gasteiger partial charge in [0, 0.05) is 22.6 Å². The van der Waals surface area contributed by atoms with Crippen molar-refractivity contribution >= 4 is 40.8 Å². The Morgan fingerprint density at radius 2 is 1.85 bits per heavy atom. The molecule has 9 heteroatoms. The van der Waals surface area contributed by atoms with Crippen molar-refractivity contribution in [3.63, 3.8) is 0 Å². The highest BCUT2D eigenvalue weighted by atomic mass is 32.2. The average molecular weight is 386 g/mol. The number of ether oxygens (including phenoxy) is 1. The Balaban J connectivity index is 1.53. The molecule has 8 nitrogen and oxygen atoms in total. The first kappa shape index (κ1) is 18.6. The van der Waals surface area contributed by atoms with Gasteiger partial charge in [0.1, 0.15) is 0 Å². The molecule has 0 unspecified atom stereocenters. The number of nitrogens with one attached hydrogen (secondary N) is 1. The second-order valence-corrected chi connectivity index (χ2v) is 6.93. The van der Waals surface area contributed by atoms with Crippen LogP contribution in [0.3, 0.4) is 0 Å². The summed E-state index contributed by atoms with van der Waals surface area (Å²) < 4.78 is 4.96. The molecule has 2 aromatic rings. The Labute approximate surface area is 158 Å². The lowest BCUT2D eigenvalue weighted by atomic mass is 10.1. The Bertz CT molecular complexity index is 912. The van der Waals surface area contributed by atoms with Gasteiger partial charge in [-0.3, -0.25) is 24.5 Å². The van der Waals surface area contributed by atoms with Crippen molar-refractivity contribution in [1.82, 2.24) is 0 Å². The molecule has 0 radical (unpaired) electrons. The minimum absolute atomic E-state index is 0.135. The number of thioether (sulfide) groups is 1. The van der Waals surface area contributed by atoms with Gasteiger partial charge in [-0.2, -0.15) is 0 Å². The van der Waals surface area contributed by atoms with Crippen LogP contribution in [0.15, 0.2) is 53.4 Å². The summed E-state index contributed by atoms with van der Waals surface area (Å²) in [5.74, 6) is -1.45. The standard InChI is InChI=1S/C18H14N2O6S/c21-14(11-5-7-12(8-6-11)20(24)25)10-26-17(22)9-16-18(23)19-13-3-1-2-4-15(13)27-16/h1-8,16H,9-10H2,(H,19,23)/t16-/m0/s1. The predicted octanol–water partition coefficient (Wildman–Crippen LogP) is 2.82. The molecule has 0 saturated carbocycles. The third-order valence-corrected chi connectivity index (χ3v) is 5.10. The lowest BCUT2D eigenvalue weighted by Gasteiger charge is -2.23. The van der Waals surface area contributed by atoms with Crippen LogP contribution in [-0.4, -0.2) is 34.4 Å². The summed E-state index contributed by atoms with van der Waals surface area (Å²) in [6.45, 7) is -0.494. The number of hydrogen-bond acceptors (Lipinski definition) is 7. The highest BCUT2D eigenvalue weighted by molar-refractivity contribution is 8.01. The van der Waals surface area contributed by atoms with E-state index >= 15 is 0 Å². The molecule has 0 spiro atoms. The van der Waals surface area contributed by atoms with Crippen LogP contribution in [0.25, 0.3) is 0 Å². The van der Waals surface area contributed by atoms with E-state index in [4.69, 9.17) is 4.74 Å². The number of anilines is 1. The van der Waals surface area contributed by atoms with Crippen molar-refractivity contribution in [3.8, 4) is 0 Å². The van der Waals surface area contributed by atoms with Crippen molar-refractivity contribution in [2.45, 2.75) is 16.6 Å². The predicted molar refractivity (Wildman–Crippen MR) is 97.7 cm³/mol. The number of fused-ring (bicyclic) bond motifs is 1. The molecule has 1 N–H and O–H groups in total. The number of carbonyl (C=O) groups excluding carboxylic acids is 3. The molecular weight excluding hydrogens is 372 g/mol. The van der Waals surface area contributed by atoms with Gasteiger partial charge in [-0.15, -0.1) is 11.8 Å². The Morgan fingerprint density at radius 1 is 1.15 bits per heavy atom. The smallest absolute Gasteiger partial charge is 0.307 e. The molecule has 27 heavy (non-hydrogen) atoms. The van der Waals surface area contributed by atoms with Crippen LogP contribution in [0.5, 0.6) is 0 Å². The van der Waals surface area contributed by atoms with E-state index in [-0.39, 0.29) is 23.6 Å². The van der Waals surface area contributed by atoms with Gasteiger partial charge < -0.3 is 10.1 Å². The normalized spacial score (nSPS) is 15.4. The van der Waals surface area contributed by atoms with E-state index in [9.17, 15) is 24.5 Å². The van der Waals surface area contributed by atoms with Crippen LogP contribution in [0.1, 0.15) is 16.8 Å². The minimum atomic E-state index is -0.669. The quantitative estimate of drug-likeness (QED) is 0.351. The SMILES string of the molecule is O=C(C[C@@H]1Sc2ccccc2NC1=O)OCC(=O)c1ccc([N+](=O)[O-])cc1. The van der Waals surface area contributed by atoms with Gasteiger partial charge in [-0.1, -0.05) is 12.1 Å². The number of amides is 1. The van der Waals surface area contributed by atoms with Crippen LogP contribution in [0.2, 0.25) is 0 Å². The van der Waals surface area contributed by atoms with E-state index in [0.717, 1.165) is 4.90 Å². The molecule has 3 rings (SSSR count). The second-order valence-electron chi connectivity index (χ2n) is 5.68. The Kier molecular flexibility index (Phi) is 5.51.